The van der Waals surface area contributed by atoms with Crippen molar-refractivity contribution in [3.8, 4) is 0 Å². The molecule has 1 saturated heterocycles. The number of hydrogen-bond acceptors (Lipinski definition) is 5. The quantitative estimate of drug-likeness (QED) is 0.544. The summed E-state index contributed by atoms with van der Waals surface area (Å²) in [4.78, 5) is 33.9. The Bertz CT molecular complexity index is 1150. The molecule has 0 N–H and O–H groups in total. The molecule has 4 nitrogen and oxygen atoms in total. The first-order valence-electron chi connectivity index (χ1n) is 11.2. The van der Waals surface area contributed by atoms with Crippen molar-refractivity contribution in [1.82, 2.24) is 9.80 Å². The lowest BCUT2D eigenvalue weighted by atomic mass is 9.81. The van der Waals surface area contributed by atoms with Gasteiger partial charge in [0.2, 0.25) is 0 Å². The van der Waals surface area contributed by atoms with E-state index in [1.807, 2.05) is 38.1 Å². The summed E-state index contributed by atoms with van der Waals surface area (Å²) in [5.41, 5.74) is 4.13. The predicted octanol–water partition coefficient (Wildman–Crippen LogP) is 4.77. The molecule has 0 saturated carbocycles. The zero-order chi connectivity index (χ0) is 22.5. The standard InChI is InChI=1S/C27H28N2O2S/c1-18-14-19(2)16-21(15-18)27(25(30)22-6-4-5-7-23(22)26(27)31)29-11-9-28(10-12-29)17-24-20(3)8-13-32-24/h4-8,13-16H,9-12,17H2,1-3H3. The van der Waals surface area contributed by atoms with Gasteiger partial charge < -0.3 is 0 Å². The summed E-state index contributed by atoms with van der Waals surface area (Å²) in [6.07, 6.45) is 0. The van der Waals surface area contributed by atoms with Gasteiger partial charge in [-0.3, -0.25) is 19.4 Å². The maximum Gasteiger partial charge on any atom is 0.196 e. The van der Waals surface area contributed by atoms with E-state index in [2.05, 4.69) is 34.2 Å². The number of carbonyl (C=O) groups excluding carboxylic acids is 2. The van der Waals surface area contributed by atoms with Crippen LogP contribution in [0, 0.1) is 20.8 Å². The molecule has 164 valence electrons. The van der Waals surface area contributed by atoms with Crippen molar-refractivity contribution < 1.29 is 9.59 Å². The van der Waals surface area contributed by atoms with Gasteiger partial charge in [-0.25, -0.2) is 0 Å². The summed E-state index contributed by atoms with van der Waals surface area (Å²) < 4.78 is 0. The van der Waals surface area contributed by atoms with Crippen molar-refractivity contribution in [2.24, 2.45) is 0 Å². The van der Waals surface area contributed by atoms with Gasteiger partial charge in [-0.2, -0.15) is 0 Å². The number of benzene rings is 2. The number of aryl methyl sites for hydroxylation is 3. The number of thiophene rings is 1. The van der Waals surface area contributed by atoms with E-state index in [-0.39, 0.29) is 11.6 Å². The predicted molar refractivity (Wildman–Crippen MR) is 129 cm³/mol. The molecule has 0 amide bonds. The van der Waals surface area contributed by atoms with Crippen LogP contribution in [0.2, 0.25) is 0 Å². The van der Waals surface area contributed by atoms with Gasteiger partial charge in [0, 0.05) is 48.7 Å². The Morgan fingerprint density at radius 2 is 1.44 bits per heavy atom. The van der Waals surface area contributed by atoms with Crippen LogP contribution in [0.15, 0.2) is 53.9 Å². The highest BCUT2D eigenvalue weighted by molar-refractivity contribution is 7.10. The number of fused-ring (bicyclic) bond motifs is 1. The second kappa shape index (κ2) is 8.07. The van der Waals surface area contributed by atoms with E-state index >= 15 is 0 Å². The van der Waals surface area contributed by atoms with Crippen molar-refractivity contribution >= 4 is 22.9 Å². The second-order valence-electron chi connectivity index (χ2n) is 9.08. The molecular weight excluding hydrogens is 416 g/mol. The minimum Gasteiger partial charge on any atom is -0.296 e. The Hall–Kier alpha value is -2.60. The van der Waals surface area contributed by atoms with Crippen LogP contribution >= 0.6 is 11.3 Å². The fraction of sp³-hybridized carbons (Fsp3) is 0.333. The summed E-state index contributed by atoms with van der Waals surface area (Å²) in [6.45, 7) is 10.2. The number of carbonyl (C=O) groups is 2. The summed E-state index contributed by atoms with van der Waals surface area (Å²) in [6, 6.07) is 15.6. The van der Waals surface area contributed by atoms with Crippen LogP contribution in [0.25, 0.3) is 0 Å². The zero-order valence-electron chi connectivity index (χ0n) is 18.9. The molecule has 1 fully saturated rings. The minimum atomic E-state index is -1.26. The number of rotatable bonds is 4. The Labute approximate surface area is 193 Å². The third-order valence-electron chi connectivity index (χ3n) is 6.90. The molecule has 1 aromatic heterocycles. The largest absolute Gasteiger partial charge is 0.296 e. The Kier molecular flexibility index (Phi) is 5.36. The summed E-state index contributed by atoms with van der Waals surface area (Å²) in [5, 5.41) is 2.14. The molecule has 2 aromatic carbocycles. The van der Waals surface area contributed by atoms with Crippen LogP contribution in [-0.4, -0.2) is 47.5 Å². The Morgan fingerprint density at radius 3 is 1.97 bits per heavy atom. The van der Waals surface area contributed by atoms with Crippen LogP contribution in [0.4, 0.5) is 0 Å². The maximum atomic E-state index is 14.0. The molecule has 0 spiro atoms. The third-order valence-corrected chi connectivity index (χ3v) is 7.90. The van der Waals surface area contributed by atoms with Gasteiger partial charge >= 0.3 is 0 Å². The van der Waals surface area contributed by atoms with Crippen molar-refractivity contribution in [2.45, 2.75) is 32.9 Å². The maximum absolute atomic E-state index is 14.0. The van der Waals surface area contributed by atoms with Gasteiger partial charge in [0.1, 0.15) is 0 Å². The molecule has 2 aliphatic rings. The summed E-state index contributed by atoms with van der Waals surface area (Å²) in [5.74, 6) is -0.156. The van der Waals surface area contributed by atoms with Gasteiger partial charge in [-0.1, -0.05) is 53.6 Å². The zero-order valence-corrected chi connectivity index (χ0v) is 19.7. The second-order valence-corrected chi connectivity index (χ2v) is 10.1. The number of Topliss-reactive ketones (excluding diaryl/α,β-unsaturated/α-hetero) is 2. The molecule has 0 atom stereocenters. The van der Waals surface area contributed by atoms with Gasteiger partial charge in [0.15, 0.2) is 17.1 Å². The smallest absolute Gasteiger partial charge is 0.196 e. The van der Waals surface area contributed by atoms with Gasteiger partial charge in [0.05, 0.1) is 0 Å². The highest BCUT2D eigenvalue weighted by Crippen LogP contribution is 2.43. The number of piperazine rings is 1. The van der Waals surface area contributed by atoms with E-state index in [4.69, 9.17) is 0 Å². The third kappa shape index (κ3) is 3.27. The van der Waals surface area contributed by atoms with Crippen LogP contribution in [0.1, 0.15) is 47.8 Å². The van der Waals surface area contributed by atoms with Gasteiger partial charge in [-0.15, -0.1) is 11.3 Å². The fourth-order valence-electron chi connectivity index (χ4n) is 5.30. The average Bonchev–Trinajstić information content (AvgIpc) is 3.28. The van der Waals surface area contributed by atoms with E-state index in [1.165, 1.54) is 10.4 Å². The molecule has 32 heavy (non-hydrogen) atoms. The Balaban J connectivity index is 1.52. The van der Waals surface area contributed by atoms with Crippen molar-refractivity contribution in [2.75, 3.05) is 26.2 Å². The lowest BCUT2D eigenvalue weighted by molar-refractivity contribution is 0.0280. The van der Waals surface area contributed by atoms with Crippen LogP contribution < -0.4 is 0 Å². The monoisotopic (exact) mass is 444 g/mol. The Morgan fingerprint density at radius 1 is 0.844 bits per heavy atom. The molecule has 3 aromatic rings. The lowest BCUT2D eigenvalue weighted by Gasteiger charge is -2.44. The highest BCUT2D eigenvalue weighted by atomic mass is 32.1. The number of hydrogen-bond donors (Lipinski definition) is 0. The van der Waals surface area contributed by atoms with E-state index in [0.717, 1.165) is 36.3 Å². The molecule has 0 unspecified atom stereocenters. The first kappa shape index (κ1) is 21.3. The van der Waals surface area contributed by atoms with Gasteiger partial charge in [0.25, 0.3) is 0 Å². The van der Waals surface area contributed by atoms with Crippen LogP contribution in [-0.2, 0) is 12.1 Å². The summed E-state index contributed by atoms with van der Waals surface area (Å²) in [7, 11) is 0. The molecule has 2 heterocycles. The van der Waals surface area contributed by atoms with E-state index in [1.54, 1.807) is 23.5 Å². The molecular formula is C27H28N2O2S. The topological polar surface area (TPSA) is 40.6 Å². The molecule has 1 aliphatic carbocycles. The molecule has 5 rings (SSSR count). The molecule has 5 heteroatoms. The first-order chi connectivity index (χ1) is 15.4. The molecule has 0 bridgehead atoms. The summed E-state index contributed by atoms with van der Waals surface area (Å²) >= 11 is 1.80. The van der Waals surface area contributed by atoms with E-state index in [0.29, 0.717) is 24.2 Å². The van der Waals surface area contributed by atoms with Crippen molar-refractivity contribution in [3.63, 3.8) is 0 Å². The van der Waals surface area contributed by atoms with E-state index in [9.17, 15) is 9.59 Å². The molecule has 1 aliphatic heterocycles. The first-order valence-corrected chi connectivity index (χ1v) is 12.1. The molecule has 0 radical (unpaired) electrons. The van der Waals surface area contributed by atoms with Crippen LogP contribution in [0.5, 0.6) is 0 Å². The average molecular weight is 445 g/mol. The van der Waals surface area contributed by atoms with Gasteiger partial charge in [-0.05, 0) is 43.3 Å². The highest BCUT2D eigenvalue weighted by Gasteiger charge is 2.58. The van der Waals surface area contributed by atoms with Crippen molar-refractivity contribution in [1.29, 1.82) is 0 Å². The van der Waals surface area contributed by atoms with Crippen LogP contribution in [0.3, 0.4) is 0 Å². The van der Waals surface area contributed by atoms with Crippen molar-refractivity contribution in [3.05, 3.63) is 92.2 Å². The SMILES string of the molecule is Cc1cc(C)cc(C2(N3CCN(Cc4sccc4C)CC3)C(=O)c3ccccc3C2=O)c1. The number of ketones is 2. The number of nitrogens with zero attached hydrogens (tertiary/aromatic N) is 2. The lowest BCUT2D eigenvalue weighted by Crippen LogP contribution is -2.60. The fourth-order valence-corrected chi connectivity index (χ4v) is 6.25. The van der Waals surface area contributed by atoms with E-state index < -0.39 is 5.54 Å². The minimum absolute atomic E-state index is 0.0781. The normalized spacial score (nSPS) is 18.8.